The number of nitro groups is 1. The molecule has 0 bridgehead atoms. The van der Waals surface area contributed by atoms with E-state index in [0.29, 0.717) is 0 Å². The summed E-state index contributed by atoms with van der Waals surface area (Å²) in [6.45, 7) is 0. The second-order valence-electron chi connectivity index (χ2n) is 2.60. The maximum absolute atomic E-state index is 10.6. The number of carbonyl (C=O) groups is 1. The minimum absolute atomic E-state index is 0.192. The van der Waals surface area contributed by atoms with Crippen LogP contribution < -0.4 is 4.74 Å². The molecule has 0 radical (unpaired) electrons. The Morgan fingerprint density at radius 3 is 2.53 bits per heavy atom. The normalized spacial score (nSPS) is 9.67. The van der Waals surface area contributed by atoms with Gasteiger partial charge in [0.2, 0.25) is 5.75 Å². The molecule has 0 saturated heterocycles. The van der Waals surface area contributed by atoms with E-state index in [9.17, 15) is 20.0 Å². The summed E-state index contributed by atoms with van der Waals surface area (Å²) < 4.78 is 4.63. The lowest BCUT2D eigenvalue weighted by atomic mass is 10.1. The van der Waals surface area contributed by atoms with Crippen LogP contribution in [0.15, 0.2) is 12.1 Å². The van der Waals surface area contributed by atoms with Gasteiger partial charge in [0.05, 0.1) is 12.0 Å². The van der Waals surface area contributed by atoms with Crippen molar-refractivity contribution in [1.82, 2.24) is 0 Å². The van der Waals surface area contributed by atoms with Gasteiger partial charge in [-0.15, -0.1) is 0 Å². The van der Waals surface area contributed by atoms with Crippen molar-refractivity contribution in [2.45, 2.75) is 0 Å². The number of nitro benzene ring substituents is 1. The van der Waals surface area contributed by atoms with Crippen LogP contribution in [-0.4, -0.2) is 28.2 Å². The molecule has 0 aliphatic rings. The average Bonchev–Trinajstić information content (AvgIpc) is 2.16. The number of hydrogen-bond acceptors (Lipinski definition) is 5. The van der Waals surface area contributed by atoms with Crippen LogP contribution in [0.25, 0.3) is 0 Å². The minimum Gasteiger partial charge on any atom is -0.507 e. The van der Waals surface area contributed by atoms with Crippen molar-refractivity contribution in [3.05, 3.63) is 27.8 Å². The molecule has 0 spiro atoms. The van der Waals surface area contributed by atoms with Gasteiger partial charge in [-0.2, -0.15) is 0 Å². The first-order chi connectivity index (χ1) is 6.97. The van der Waals surface area contributed by atoms with Crippen LogP contribution in [0, 0.1) is 10.1 Å². The zero-order valence-electron chi connectivity index (χ0n) is 7.63. The van der Waals surface area contributed by atoms with Crippen LogP contribution in [-0.2, 0) is 0 Å². The first-order valence-electron chi connectivity index (χ1n) is 3.76. The number of aromatic hydroxyl groups is 1. The molecular weight excluding hydrogens is 206 g/mol. The zero-order chi connectivity index (χ0) is 11.6. The summed E-state index contributed by atoms with van der Waals surface area (Å²) in [7, 11) is 1.18. The quantitative estimate of drug-likeness (QED) is 0.572. The Hall–Kier alpha value is -2.31. The maximum atomic E-state index is 10.6. The SMILES string of the molecule is COc1cc(O)c(C(=O)O)cc1[N+](=O)[O-]. The number of benzene rings is 1. The third-order valence-corrected chi connectivity index (χ3v) is 1.72. The molecule has 0 fully saturated rings. The lowest BCUT2D eigenvalue weighted by molar-refractivity contribution is -0.385. The van der Waals surface area contributed by atoms with Crippen molar-refractivity contribution in [3.8, 4) is 11.5 Å². The molecule has 0 atom stereocenters. The maximum Gasteiger partial charge on any atom is 0.339 e. The van der Waals surface area contributed by atoms with Gasteiger partial charge < -0.3 is 14.9 Å². The summed E-state index contributed by atoms with van der Waals surface area (Å²) in [6.07, 6.45) is 0. The highest BCUT2D eigenvalue weighted by Crippen LogP contribution is 2.33. The lowest BCUT2D eigenvalue weighted by Crippen LogP contribution is -2.00. The van der Waals surface area contributed by atoms with Crippen molar-refractivity contribution in [1.29, 1.82) is 0 Å². The van der Waals surface area contributed by atoms with Crippen molar-refractivity contribution in [2.24, 2.45) is 0 Å². The predicted octanol–water partition coefficient (Wildman–Crippen LogP) is 1.01. The molecule has 2 N–H and O–H groups in total. The van der Waals surface area contributed by atoms with Gasteiger partial charge in [0.1, 0.15) is 11.3 Å². The highest BCUT2D eigenvalue weighted by Gasteiger charge is 2.21. The van der Waals surface area contributed by atoms with Gasteiger partial charge in [0.15, 0.2) is 0 Å². The number of carboxylic acid groups (broad SMARTS) is 1. The summed E-state index contributed by atoms with van der Waals surface area (Å²) in [5, 5.41) is 28.3. The van der Waals surface area contributed by atoms with E-state index in [-0.39, 0.29) is 5.75 Å². The number of hydrogen-bond donors (Lipinski definition) is 2. The van der Waals surface area contributed by atoms with Gasteiger partial charge >= 0.3 is 11.7 Å². The van der Waals surface area contributed by atoms with E-state index >= 15 is 0 Å². The third-order valence-electron chi connectivity index (χ3n) is 1.72. The molecule has 7 nitrogen and oxygen atoms in total. The summed E-state index contributed by atoms with van der Waals surface area (Å²) in [5.41, 5.74) is -1.05. The van der Waals surface area contributed by atoms with E-state index in [4.69, 9.17) is 5.11 Å². The van der Waals surface area contributed by atoms with Gasteiger partial charge in [-0.25, -0.2) is 4.79 Å². The van der Waals surface area contributed by atoms with E-state index in [0.717, 1.165) is 12.1 Å². The molecule has 0 aromatic heterocycles. The van der Waals surface area contributed by atoms with Crippen molar-refractivity contribution in [2.75, 3.05) is 7.11 Å². The number of rotatable bonds is 3. The van der Waals surface area contributed by atoms with E-state index in [1.807, 2.05) is 0 Å². The Morgan fingerprint density at radius 2 is 2.13 bits per heavy atom. The van der Waals surface area contributed by atoms with Gasteiger partial charge in [-0.1, -0.05) is 0 Å². The number of phenols is 1. The van der Waals surface area contributed by atoms with E-state index in [1.54, 1.807) is 0 Å². The molecule has 1 aromatic carbocycles. The minimum atomic E-state index is -1.45. The molecule has 0 aliphatic carbocycles. The fraction of sp³-hybridized carbons (Fsp3) is 0.125. The molecule has 80 valence electrons. The fourth-order valence-corrected chi connectivity index (χ4v) is 1.04. The Morgan fingerprint density at radius 1 is 1.53 bits per heavy atom. The third kappa shape index (κ3) is 1.96. The van der Waals surface area contributed by atoms with Crippen molar-refractivity contribution < 1.29 is 24.7 Å². The first-order valence-corrected chi connectivity index (χ1v) is 3.76. The fourth-order valence-electron chi connectivity index (χ4n) is 1.04. The van der Waals surface area contributed by atoms with Crippen LogP contribution in [0.1, 0.15) is 10.4 Å². The Balaban J connectivity index is 3.43. The lowest BCUT2D eigenvalue weighted by Gasteiger charge is -2.04. The van der Waals surface area contributed by atoms with Crippen LogP contribution in [0.3, 0.4) is 0 Å². The van der Waals surface area contributed by atoms with Crippen molar-refractivity contribution in [3.63, 3.8) is 0 Å². The molecule has 0 amide bonds. The standard InChI is InChI=1S/C8H7NO6/c1-15-7-3-6(10)4(8(11)12)2-5(7)9(13)14/h2-3,10H,1H3,(H,11,12). The van der Waals surface area contributed by atoms with Crippen LogP contribution >= 0.6 is 0 Å². The molecule has 1 rings (SSSR count). The highest BCUT2D eigenvalue weighted by atomic mass is 16.6. The number of aromatic carboxylic acids is 1. The van der Waals surface area contributed by atoms with E-state index in [1.165, 1.54) is 7.11 Å². The molecule has 1 aromatic rings. The molecule has 7 heteroatoms. The zero-order valence-corrected chi connectivity index (χ0v) is 7.63. The largest absolute Gasteiger partial charge is 0.507 e. The summed E-state index contributed by atoms with van der Waals surface area (Å²) in [6, 6.07) is 1.64. The Labute approximate surface area is 83.7 Å². The predicted molar refractivity (Wildman–Crippen MR) is 48.3 cm³/mol. The average molecular weight is 213 g/mol. The van der Waals surface area contributed by atoms with Gasteiger partial charge in [-0.05, 0) is 0 Å². The number of methoxy groups -OCH3 is 1. The first kappa shape index (κ1) is 10.8. The number of nitrogens with zero attached hydrogens (tertiary/aromatic N) is 1. The van der Waals surface area contributed by atoms with Crippen LogP contribution in [0.5, 0.6) is 11.5 Å². The molecule has 15 heavy (non-hydrogen) atoms. The second-order valence-corrected chi connectivity index (χ2v) is 2.60. The topological polar surface area (TPSA) is 110 Å². The number of ether oxygens (including phenoxy) is 1. The van der Waals surface area contributed by atoms with Crippen LogP contribution in [0.2, 0.25) is 0 Å². The van der Waals surface area contributed by atoms with E-state index in [2.05, 4.69) is 4.74 Å². The Kier molecular flexibility index (Phi) is 2.75. The van der Waals surface area contributed by atoms with E-state index < -0.39 is 27.9 Å². The van der Waals surface area contributed by atoms with Gasteiger partial charge in [0.25, 0.3) is 0 Å². The number of carboxylic acids is 1. The smallest absolute Gasteiger partial charge is 0.339 e. The van der Waals surface area contributed by atoms with Gasteiger partial charge in [0, 0.05) is 12.1 Å². The molecule has 0 saturated carbocycles. The van der Waals surface area contributed by atoms with Gasteiger partial charge in [-0.3, -0.25) is 10.1 Å². The van der Waals surface area contributed by atoms with Crippen LogP contribution in [0.4, 0.5) is 5.69 Å². The monoisotopic (exact) mass is 213 g/mol. The second kappa shape index (κ2) is 3.82. The Bertz CT molecular complexity index is 427. The molecule has 0 heterocycles. The summed E-state index contributed by atoms with van der Waals surface area (Å²) in [5.74, 6) is -2.22. The van der Waals surface area contributed by atoms with Crippen molar-refractivity contribution >= 4 is 11.7 Å². The highest BCUT2D eigenvalue weighted by molar-refractivity contribution is 5.92. The molecular formula is C8H7NO6. The molecule has 0 unspecified atom stereocenters. The molecule has 0 aliphatic heterocycles. The summed E-state index contributed by atoms with van der Waals surface area (Å²) >= 11 is 0. The summed E-state index contributed by atoms with van der Waals surface area (Å²) in [4.78, 5) is 20.3.